The van der Waals surface area contributed by atoms with Crippen LogP contribution >= 0.6 is 23.1 Å². The molecule has 4 rings (SSSR count). The summed E-state index contributed by atoms with van der Waals surface area (Å²) < 4.78 is 7.45. The fourth-order valence-corrected chi connectivity index (χ4v) is 3.44. The maximum Gasteiger partial charge on any atom is 0.129 e. The van der Waals surface area contributed by atoms with Crippen LogP contribution in [-0.2, 0) is 13.6 Å². The molecule has 4 nitrogen and oxygen atoms in total. The van der Waals surface area contributed by atoms with Crippen LogP contribution in [0.5, 0.6) is 0 Å². The van der Waals surface area contributed by atoms with E-state index in [0.717, 1.165) is 24.8 Å². The van der Waals surface area contributed by atoms with Gasteiger partial charge in [0.2, 0.25) is 0 Å². The fraction of sp³-hybridized carbons (Fsp3) is 0.375. The van der Waals surface area contributed by atoms with Gasteiger partial charge in [-0.2, -0.15) is 4.37 Å². The van der Waals surface area contributed by atoms with E-state index in [4.69, 9.17) is 11.6 Å². The van der Waals surface area contributed by atoms with Crippen LogP contribution in [0.1, 0.15) is 18.7 Å². The number of anilines is 1. The molecule has 0 N–H and O–H groups in total. The molecule has 114 valence electrons. The first-order valence-corrected chi connectivity index (χ1v) is 8.61. The van der Waals surface area contributed by atoms with Crippen molar-refractivity contribution in [3.63, 3.8) is 0 Å². The molecule has 0 saturated heterocycles. The van der Waals surface area contributed by atoms with E-state index in [9.17, 15) is 0 Å². The lowest BCUT2D eigenvalue weighted by Crippen LogP contribution is -2.26. The third-order valence-corrected chi connectivity index (χ3v) is 5.37. The summed E-state index contributed by atoms with van der Waals surface area (Å²) >= 11 is 7.66. The normalized spacial score (nSPS) is 14.6. The van der Waals surface area contributed by atoms with Gasteiger partial charge in [-0.15, -0.1) is 0 Å². The molecule has 0 amide bonds. The van der Waals surface area contributed by atoms with Crippen molar-refractivity contribution in [2.45, 2.75) is 19.4 Å². The number of hydrogen-bond acceptors (Lipinski definition) is 4. The summed E-state index contributed by atoms with van der Waals surface area (Å²) in [4.78, 5) is 6.85. The van der Waals surface area contributed by atoms with Gasteiger partial charge >= 0.3 is 0 Å². The topological polar surface area (TPSA) is 34.0 Å². The zero-order valence-electron chi connectivity index (χ0n) is 12.4. The van der Waals surface area contributed by atoms with E-state index in [-0.39, 0.29) is 0 Å². The van der Waals surface area contributed by atoms with E-state index in [1.807, 2.05) is 17.8 Å². The first-order valence-electron chi connectivity index (χ1n) is 7.46. The second kappa shape index (κ2) is 5.56. The van der Waals surface area contributed by atoms with Gasteiger partial charge in [0.05, 0.1) is 17.4 Å². The molecule has 1 aromatic carbocycles. The molecule has 3 aromatic rings. The SMILES string of the molecule is Cn1c(Cl)cnc1CN(CC1CC1)c1ccc2sncc2c1. The number of benzene rings is 1. The van der Waals surface area contributed by atoms with Crippen LogP contribution in [-0.4, -0.2) is 20.5 Å². The van der Waals surface area contributed by atoms with E-state index in [2.05, 4.69) is 32.5 Å². The summed E-state index contributed by atoms with van der Waals surface area (Å²) in [5.41, 5.74) is 1.23. The number of aromatic nitrogens is 3. The number of fused-ring (bicyclic) bond motifs is 1. The lowest BCUT2D eigenvalue weighted by Gasteiger charge is -2.24. The van der Waals surface area contributed by atoms with Crippen LogP contribution in [0.2, 0.25) is 5.15 Å². The van der Waals surface area contributed by atoms with Crippen LogP contribution in [0, 0.1) is 5.92 Å². The van der Waals surface area contributed by atoms with Gasteiger partial charge in [-0.3, -0.25) is 0 Å². The largest absolute Gasteiger partial charge is 0.364 e. The Morgan fingerprint density at radius 1 is 1.36 bits per heavy atom. The lowest BCUT2D eigenvalue weighted by molar-refractivity contribution is 0.678. The summed E-state index contributed by atoms with van der Waals surface area (Å²) in [6, 6.07) is 6.58. The Morgan fingerprint density at radius 2 is 2.23 bits per heavy atom. The Hall–Kier alpha value is -1.59. The molecule has 22 heavy (non-hydrogen) atoms. The van der Waals surface area contributed by atoms with Crippen molar-refractivity contribution in [3.05, 3.63) is 41.6 Å². The van der Waals surface area contributed by atoms with Crippen LogP contribution in [0.15, 0.2) is 30.6 Å². The fourth-order valence-electron chi connectivity index (χ4n) is 2.67. The molecular weight excluding hydrogens is 316 g/mol. The Bertz CT molecular complexity index is 805. The maximum absolute atomic E-state index is 6.12. The van der Waals surface area contributed by atoms with Gasteiger partial charge in [-0.25, -0.2) is 4.98 Å². The second-order valence-electron chi connectivity index (χ2n) is 5.93. The summed E-state index contributed by atoms with van der Waals surface area (Å²) in [6.45, 7) is 1.86. The molecule has 0 aliphatic heterocycles. The number of nitrogens with zero attached hydrogens (tertiary/aromatic N) is 4. The highest BCUT2D eigenvalue weighted by Gasteiger charge is 2.25. The van der Waals surface area contributed by atoms with Crippen LogP contribution in [0.4, 0.5) is 5.69 Å². The summed E-state index contributed by atoms with van der Waals surface area (Å²) in [7, 11) is 1.96. The predicted molar refractivity (Wildman–Crippen MR) is 91.6 cm³/mol. The summed E-state index contributed by atoms with van der Waals surface area (Å²) in [5.74, 6) is 1.81. The van der Waals surface area contributed by atoms with Gasteiger partial charge in [-0.1, -0.05) is 11.6 Å². The van der Waals surface area contributed by atoms with Crippen LogP contribution in [0.3, 0.4) is 0 Å². The number of hydrogen-bond donors (Lipinski definition) is 0. The van der Waals surface area contributed by atoms with Gasteiger partial charge in [-0.05, 0) is 48.5 Å². The third kappa shape index (κ3) is 2.71. The first-order chi connectivity index (χ1) is 10.7. The molecule has 6 heteroatoms. The molecule has 0 spiro atoms. The van der Waals surface area contributed by atoms with Crippen LogP contribution < -0.4 is 4.90 Å². The van der Waals surface area contributed by atoms with Crippen molar-refractivity contribution in [1.82, 2.24) is 13.9 Å². The minimum atomic E-state index is 0.679. The van der Waals surface area contributed by atoms with E-state index < -0.39 is 0 Å². The zero-order chi connectivity index (χ0) is 15.1. The van der Waals surface area contributed by atoms with Crippen molar-refractivity contribution in [1.29, 1.82) is 0 Å². The maximum atomic E-state index is 6.12. The van der Waals surface area contributed by atoms with Gasteiger partial charge in [0.25, 0.3) is 0 Å². The quantitative estimate of drug-likeness (QED) is 0.705. The molecule has 1 aliphatic carbocycles. The second-order valence-corrected chi connectivity index (χ2v) is 7.15. The van der Waals surface area contributed by atoms with Gasteiger partial charge in [0.1, 0.15) is 11.0 Å². The number of rotatable bonds is 5. The highest BCUT2D eigenvalue weighted by atomic mass is 35.5. The molecule has 1 aliphatic rings. The predicted octanol–water partition coefficient (Wildman–Crippen LogP) is 4.10. The van der Waals surface area contributed by atoms with Crippen molar-refractivity contribution in [2.75, 3.05) is 11.4 Å². The molecule has 0 atom stereocenters. The Balaban J connectivity index is 1.65. The zero-order valence-corrected chi connectivity index (χ0v) is 13.9. The van der Waals surface area contributed by atoms with Crippen molar-refractivity contribution >= 4 is 38.9 Å². The van der Waals surface area contributed by atoms with E-state index in [1.165, 1.54) is 28.6 Å². The highest BCUT2D eigenvalue weighted by Crippen LogP contribution is 2.33. The average Bonchev–Trinajstić information content (AvgIpc) is 3.12. The Labute approximate surface area is 138 Å². The number of imidazole rings is 1. The van der Waals surface area contributed by atoms with Gasteiger partial charge in [0, 0.05) is 30.9 Å². The van der Waals surface area contributed by atoms with Crippen molar-refractivity contribution < 1.29 is 0 Å². The molecule has 2 heterocycles. The third-order valence-electron chi connectivity index (χ3n) is 4.24. The molecule has 1 saturated carbocycles. The molecular formula is C16H17ClN4S. The molecule has 1 fully saturated rings. The van der Waals surface area contributed by atoms with E-state index in [0.29, 0.717) is 5.15 Å². The van der Waals surface area contributed by atoms with Crippen LogP contribution in [0.25, 0.3) is 10.1 Å². The molecule has 0 radical (unpaired) electrons. The smallest absolute Gasteiger partial charge is 0.129 e. The molecule has 0 bridgehead atoms. The van der Waals surface area contributed by atoms with E-state index in [1.54, 1.807) is 17.7 Å². The Kier molecular flexibility index (Phi) is 3.54. The Morgan fingerprint density at radius 3 is 2.95 bits per heavy atom. The van der Waals surface area contributed by atoms with Gasteiger partial charge < -0.3 is 9.47 Å². The number of halogens is 1. The molecule has 2 aromatic heterocycles. The average molecular weight is 333 g/mol. The minimum Gasteiger partial charge on any atom is -0.364 e. The first kappa shape index (κ1) is 14.0. The monoisotopic (exact) mass is 332 g/mol. The summed E-state index contributed by atoms with van der Waals surface area (Å²) in [6.07, 6.45) is 6.33. The lowest BCUT2D eigenvalue weighted by atomic mass is 10.2. The van der Waals surface area contributed by atoms with E-state index >= 15 is 0 Å². The minimum absolute atomic E-state index is 0.679. The standard InChI is InChI=1S/C16H17ClN4S/c1-20-15(17)8-18-16(20)10-21(9-11-2-3-11)13-4-5-14-12(6-13)7-19-22-14/h4-8,11H,2-3,9-10H2,1H3. The highest BCUT2D eigenvalue weighted by molar-refractivity contribution is 7.13. The summed E-state index contributed by atoms with van der Waals surface area (Å²) in [5, 5.41) is 1.89. The van der Waals surface area contributed by atoms with Crippen molar-refractivity contribution in [3.8, 4) is 0 Å². The van der Waals surface area contributed by atoms with Gasteiger partial charge in [0.15, 0.2) is 0 Å². The molecule has 0 unspecified atom stereocenters. The van der Waals surface area contributed by atoms with Crippen molar-refractivity contribution in [2.24, 2.45) is 13.0 Å².